The second kappa shape index (κ2) is 25.8. The highest BCUT2D eigenvalue weighted by molar-refractivity contribution is 6.14. The summed E-state index contributed by atoms with van der Waals surface area (Å²) < 4.78 is 0. The fourth-order valence-corrected chi connectivity index (χ4v) is 11.2. The number of anilines is 13. The van der Waals surface area contributed by atoms with Gasteiger partial charge in [-0.2, -0.15) is 0 Å². The maximum absolute atomic E-state index is 5.52. The first-order chi connectivity index (χ1) is 42.7. The third-order valence-electron chi connectivity index (χ3n) is 15.3. The molecule has 0 heterocycles. The lowest BCUT2D eigenvalue weighted by atomic mass is 9.97. The van der Waals surface area contributed by atoms with Crippen molar-refractivity contribution in [1.29, 1.82) is 0 Å². The standard InChI is InChI=1S/C80H62N6/c1-9-25-67(26-10-1)83(68-27-11-2-12-28-68)75-53-41-61(42-54-75)79(62-43-55-76(56-44-62)84(69-29-13-3-14-30-69)70-31-15-4-16-32-70)81-65-49-51-66(52-50-65)82-80(63-45-57-77(58-46-63)85(71-33-17-5-18-34-71)72-35-19-6-20-36-72)64-47-59-78(60-48-64)86(73-37-21-7-22-38-73)74-39-23-8-24-40-74/h1-60,79,81H. The molecule has 0 amide bonds. The lowest BCUT2D eigenvalue weighted by Crippen LogP contribution is -2.14. The second-order valence-electron chi connectivity index (χ2n) is 20.9. The Balaban J connectivity index is 0.865. The van der Waals surface area contributed by atoms with Crippen LogP contribution in [0.4, 0.5) is 79.6 Å². The molecule has 412 valence electrons. The summed E-state index contributed by atoms with van der Waals surface area (Å²) in [6, 6.07) is 128. The highest BCUT2D eigenvalue weighted by atomic mass is 15.2. The van der Waals surface area contributed by atoms with Crippen molar-refractivity contribution in [2.24, 2.45) is 4.99 Å². The van der Waals surface area contributed by atoms with Crippen LogP contribution in [0.3, 0.4) is 0 Å². The summed E-state index contributed by atoms with van der Waals surface area (Å²) >= 11 is 0. The van der Waals surface area contributed by atoms with Gasteiger partial charge in [0, 0.05) is 85.1 Å². The number of benzene rings is 13. The number of rotatable bonds is 19. The number of nitrogens with one attached hydrogen (secondary N) is 1. The molecule has 0 radical (unpaired) electrons. The first-order valence-corrected chi connectivity index (χ1v) is 29.1. The van der Waals surface area contributed by atoms with Gasteiger partial charge in [0.25, 0.3) is 0 Å². The maximum Gasteiger partial charge on any atom is 0.0781 e. The van der Waals surface area contributed by atoms with Gasteiger partial charge in [-0.15, -0.1) is 0 Å². The maximum atomic E-state index is 5.52. The van der Waals surface area contributed by atoms with Crippen molar-refractivity contribution in [3.63, 3.8) is 0 Å². The first-order valence-electron chi connectivity index (χ1n) is 29.1. The number of hydrogen-bond donors (Lipinski definition) is 1. The van der Waals surface area contributed by atoms with Gasteiger partial charge in [-0.1, -0.05) is 194 Å². The van der Waals surface area contributed by atoms with Crippen LogP contribution in [0.15, 0.2) is 369 Å². The largest absolute Gasteiger partial charge is 0.374 e. The Morgan fingerprint density at radius 2 is 0.430 bits per heavy atom. The Labute approximate surface area is 504 Å². The van der Waals surface area contributed by atoms with Crippen LogP contribution in [-0.2, 0) is 0 Å². The van der Waals surface area contributed by atoms with Crippen molar-refractivity contribution >= 4 is 85.3 Å². The fourth-order valence-electron chi connectivity index (χ4n) is 11.2. The molecule has 0 fully saturated rings. The number of hydrogen-bond acceptors (Lipinski definition) is 6. The van der Waals surface area contributed by atoms with Crippen molar-refractivity contribution in [2.45, 2.75) is 6.04 Å². The van der Waals surface area contributed by atoms with Crippen molar-refractivity contribution in [2.75, 3.05) is 24.9 Å². The Hall–Kier alpha value is -11.5. The first kappa shape index (κ1) is 53.8. The predicted octanol–water partition coefficient (Wildman–Crippen LogP) is 21.9. The van der Waals surface area contributed by atoms with E-state index in [1.54, 1.807) is 0 Å². The van der Waals surface area contributed by atoms with E-state index >= 15 is 0 Å². The topological polar surface area (TPSA) is 37.4 Å². The van der Waals surface area contributed by atoms with Crippen LogP contribution in [0, 0.1) is 0 Å². The number of aliphatic imine (C=N–C) groups is 1. The summed E-state index contributed by atoms with van der Waals surface area (Å²) in [4.78, 5) is 14.7. The van der Waals surface area contributed by atoms with Crippen LogP contribution in [0.2, 0.25) is 0 Å². The minimum Gasteiger partial charge on any atom is -0.374 e. The van der Waals surface area contributed by atoms with E-state index in [1.807, 2.05) is 0 Å². The molecule has 0 saturated heterocycles. The molecule has 0 unspecified atom stereocenters. The Bertz CT molecular complexity index is 3820. The second-order valence-corrected chi connectivity index (χ2v) is 20.9. The van der Waals surface area contributed by atoms with E-state index in [9.17, 15) is 0 Å². The molecule has 0 bridgehead atoms. The third-order valence-corrected chi connectivity index (χ3v) is 15.3. The molecular formula is C80H62N6. The molecule has 0 aliphatic heterocycles. The summed E-state index contributed by atoms with van der Waals surface area (Å²) in [6.07, 6.45) is 0. The van der Waals surface area contributed by atoms with E-state index in [2.05, 4.69) is 389 Å². The summed E-state index contributed by atoms with van der Waals surface area (Å²) in [5.74, 6) is 0. The van der Waals surface area contributed by atoms with Gasteiger partial charge in [-0.05, 0) is 181 Å². The van der Waals surface area contributed by atoms with Crippen molar-refractivity contribution < 1.29 is 0 Å². The minimum atomic E-state index is -0.207. The summed E-state index contributed by atoms with van der Waals surface area (Å²) in [5.41, 5.74) is 19.8. The molecule has 0 aromatic heterocycles. The van der Waals surface area contributed by atoms with Gasteiger partial charge in [0.2, 0.25) is 0 Å². The molecule has 0 spiro atoms. The summed E-state index contributed by atoms with van der Waals surface area (Å²) in [6.45, 7) is 0. The smallest absolute Gasteiger partial charge is 0.0781 e. The molecule has 86 heavy (non-hydrogen) atoms. The van der Waals surface area contributed by atoms with E-state index in [-0.39, 0.29) is 6.04 Å². The zero-order chi connectivity index (χ0) is 57.7. The van der Waals surface area contributed by atoms with Crippen LogP contribution in [-0.4, -0.2) is 5.71 Å². The van der Waals surface area contributed by atoms with Gasteiger partial charge >= 0.3 is 0 Å². The third kappa shape index (κ3) is 12.2. The van der Waals surface area contributed by atoms with E-state index in [1.165, 1.54) is 0 Å². The summed E-state index contributed by atoms with van der Waals surface area (Å²) in [7, 11) is 0. The molecule has 13 aromatic rings. The molecule has 0 aliphatic rings. The summed E-state index contributed by atoms with van der Waals surface area (Å²) in [5, 5.41) is 3.98. The predicted molar refractivity (Wildman–Crippen MR) is 362 cm³/mol. The van der Waals surface area contributed by atoms with E-state index in [4.69, 9.17) is 4.99 Å². The van der Waals surface area contributed by atoms with Gasteiger partial charge < -0.3 is 24.9 Å². The van der Waals surface area contributed by atoms with E-state index in [0.717, 1.165) is 108 Å². The van der Waals surface area contributed by atoms with Gasteiger partial charge in [0.15, 0.2) is 0 Å². The molecule has 13 aromatic carbocycles. The van der Waals surface area contributed by atoms with Crippen LogP contribution < -0.4 is 24.9 Å². The van der Waals surface area contributed by atoms with Gasteiger partial charge in [0.05, 0.1) is 17.4 Å². The fraction of sp³-hybridized carbons (Fsp3) is 0.0125. The van der Waals surface area contributed by atoms with E-state index in [0.29, 0.717) is 0 Å². The number of nitrogens with zero attached hydrogens (tertiary/aromatic N) is 5. The molecule has 6 heteroatoms. The molecular weight excluding hydrogens is 1040 g/mol. The Kier molecular flexibility index (Phi) is 16.1. The average molecular weight is 1110 g/mol. The SMILES string of the molecule is c1ccc(N(c2ccccc2)c2ccc(C(=Nc3ccc(NC(c4ccc(N(c5ccccc5)c5ccccc5)cc4)c4ccc(N(c5ccccc5)c5ccccc5)cc4)cc3)c3ccc(N(c4ccccc4)c4ccccc4)cc3)cc2)cc1. The Morgan fingerprint density at radius 3 is 0.663 bits per heavy atom. The zero-order valence-electron chi connectivity index (χ0n) is 47.5. The lowest BCUT2D eigenvalue weighted by Gasteiger charge is -2.28. The van der Waals surface area contributed by atoms with Crippen molar-refractivity contribution in [3.8, 4) is 0 Å². The van der Waals surface area contributed by atoms with Crippen LogP contribution >= 0.6 is 0 Å². The molecule has 6 nitrogen and oxygen atoms in total. The highest BCUT2D eigenvalue weighted by Gasteiger charge is 2.21. The van der Waals surface area contributed by atoms with E-state index < -0.39 is 0 Å². The van der Waals surface area contributed by atoms with Gasteiger partial charge in [-0.25, -0.2) is 4.99 Å². The number of para-hydroxylation sites is 8. The molecule has 0 aliphatic carbocycles. The molecule has 0 atom stereocenters. The average Bonchev–Trinajstić information content (AvgIpc) is 3.06. The van der Waals surface area contributed by atoms with Crippen molar-refractivity contribution in [1.82, 2.24) is 0 Å². The van der Waals surface area contributed by atoms with Gasteiger partial charge in [0.1, 0.15) is 0 Å². The Morgan fingerprint density at radius 1 is 0.221 bits per heavy atom. The van der Waals surface area contributed by atoms with Crippen LogP contribution in [0.5, 0.6) is 0 Å². The molecule has 13 rings (SSSR count). The monoisotopic (exact) mass is 1110 g/mol. The van der Waals surface area contributed by atoms with Crippen LogP contribution in [0.25, 0.3) is 0 Å². The minimum absolute atomic E-state index is 0.207. The molecule has 0 saturated carbocycles. The van der Waals surface area contributed by atoms with Crippen LogP contribution in [0.1, 0.15) is 28.3 Å². The zero-order valence-corrected chi connectivity index (χ0v) is 47.5. The van der Waals surface area contributed by atoms with Crippen molar-refractivity contribution in [3.05, 3.63) is 386 Å². The molecule has 1 N–H and O–H groups in total. The lowest BCUT2D eigenvalue weighted by molar-refractivity contribution is 0.938. The normalized spacial score (nSPS) is 10.9. The van der Waals surface area contributed by atoms with Gasteiger partial charge in [-0.3, -0.25) is 0 Å². The highest BCUT2D eigenvalue weighted by Crippen LogP contribution is 2.41. The quantitative estimate of drug-likeness (QED) is 0.0817.